The first-order valence-electron chi connectivity index (χ1n) is 9.45. The molecule has 3 rings (SSSR count). The molecule has 0 fully saturated rings. The Hall–Kier alpha value is -2.15. The van der Waals surface area contributed by atoms with Crippen LogP contribution >= 0.6 is 12.2 Å². The van der Waals surface area contributed by atoms with E-state index in [1.807, 2.05) is 6.07 Å². The third-order valence-corrected chi connectivity index (χ3v) is 5.70. The molecule has 0 amide bonds. The number of methoxy groups -OCH3 is 2. The summed E-state index contributed by atoms with van der Waals surface area (Å²) in [5.74, 6) is 0.885. The van der Waals surface area contributed by atoms with Crippen LogP contribution in [0.3, 0.4) is 0 Å². The first-order valence-corrected chi connectivity index (χ1v) is 9.86. The number of hydrogen-bond acceptors (Lipinski definition) is 4. The van der Waals surface area contributed by atoms with Gasteiger partial charge in [0.1, 0.15) is 5.75 Å². The fraction of sp³-hybridized carbons (Fsp3) is 0.409. The summed E-state index contributed by atoms with van der Waals surface area (Å²) in [7, 11) is 5.54. The van der Waals surface area contributed by atoms with Crippen molar-refractivity contribution in [3.8, 4) is 5.75 Å². The normalized spacial score (nSPS) is 11.5. The molecule has 0 aliphatic carbocycles. The number of nitrogens with zero attached hydrogens (tertiary/aromatic N) is 3. The Morgan fingerprint density at radius 2 is 1.64 bits per heavy atom. The zero-order valence-electron chi connectivity index (χ0n) is 17.4. The Morgan fingerprint density at radius 1 is 0.964 bits per heavy atom. The minimum atomic E-state index is 0.663. The van der Waals surface area contributed by atoms with Crippen LogP contribution in [-0.2, 0) is 24.5 Å². The number of benzene rings is 2. The van der Waals surface area contributed by atoms with Crippen LogP contribution in [0.5, 0.6) is 5.75 Å². The number of ether oxygens (including phenoxy) is 2. The highest BCUT2D eigenvalue weighted by molar-refractivity contribution is 7.71. The van der Waals surface area contributed by atoms with E-state index in [0.717, 1.165) is 30.3 Å². The topological polar surface area (TPSA) is 31.6 Å². The smallest absolute Gasteiger partial charge is 0.181 e. The molecular formula is C22H29N3O2S. The molecule has 0 saturated carbocycles. The predicted octanol–water partition coefficient (Wildman–Crippen LogP) is 4.53. The van der Waals surface area contributed by atoms with Crippen LogP contribution in [0.4, 0.5) is 0 Å². The second-order valence-corrected chi connectivity index (χ2v) is 7.59. The van der Waals surface area contributed by atoms with E-state index in [4.69, 9.17) is 21.7 Å². The van der Waals surface area contributed by atoms with Crippen molar-refractivity contribution < 1.29 is 9.47 Å². The quantitative estimate of drug-likeness (QED) is 0.521. The molecule has 28 heavy (non-hydrogen) atoms. The van der Waals surface area contributed by atoms with Crippen molar-refractivity contribution in [1.29, 1.82) is 0 Å². The molecule has 0 saturated heterocycles. The van der Waals surface area contributed by atoms with E-state index in [0.29, 0.717) is 6.61 Å². The van der Waals surface area contributed by atoms with Crippen LogP contribution in [0.15, 0.2) is 36.4 Å². The summed E-state index contributed by atoms with van der Waals surface area (Å²) in [4.78, 5) is 2.29. The number of rotatable bonds is 8. The van der Waals surface area contributed by atoms with Gasteiger partial charge in [-0.1, -0.05) is 18.2 Å². The van der Waals surface area contributed by atoms with Gasteiger partial charge in [0.05, 0.1) is 20.4 Å². The average Bonchev–Trinajstić information content (AvgIpc) is 2.89. The van der Waals surface area contributed by atoms with E-state index in [1.54, 1.807) is 14.2 Å². The highest BCUT2D eigenvalue weighted by Crippen LogP contribution is 2.22. The molecule has 1 heterocycles. The molecule has 0 atom stereocenters. The van der Waals surface area contributed by atoms with E-state index < -0.39 is 0 Å². The first kappa shape index (κ1) is 20.6. The van der Waals surface area contributed by atoms with Crippen LogP contribution in [0.25, 0.3) is 10.8 Å². The summed E-state index contributed by atoms with van der Waals surface area (Å²) in [6, 6.07) is 12.8. The molecule has 0 unspecified atom stereocenters. The molecule has 0 spiro atoms. The lowest BCUT2D eigenvalue weighted by atomic mass is 10.1. The van der Waals surface area contributed by atoms with Gasteiger partial charge in [0.25, 0.3) is 0 Å². The fourth-order valence-electron chi connectivity index (χ4n) is 3.54. The van der Waals surface area contributed by atoms with Crippen LogP contribution in [-0.4, -0.2) is 41.9 Å². The maximum absolute atomic E-state index is 5.72. The highest BCUT2D eigenvalue weighted by atomic mass is 32.1. The van der Waals surface area contributed by atoms with E-state index in [9.17, 15) is 0 Å². The summed E-state index contributed by atoms with van der Waals surface area (Å²) in [6.45, 7) is 7.31. The second kappa shape index (κ2) is 8.90. The Bertz CT molecular complexity index is 1020. The van der Waals surface area contributed by atoms with Crippen molar-refractivity contribution in [2.75, 3.05) is 27.9 Å². The van der Waals surface area contributed by atoms with E-state index >= 15 is 0 Å². The molecule has 1 aromatic heterocycles. The summed E-state index contributed by atoms with van der Waals surface area (Å²) < 4.78 is 15.7. The number of fused-ring (bicyclic) bond motifs is 1. The van der Waals surface area contributed by atoms with Gasteiger partial charge in [-0.25, -0.2) is 0 Å². The van der Waals surface area contributed by atoms with Crippen LogP contribution < -0.4 is 4.74 Å². The van der Waals surface area contributed by atoms with Gasteiger partial charge in [-0.2, -0.15) is 0 Å². The van der Waals surface area contributed by atoms with Crippen LogP contribution in [0, 0.1) is 18.6 Å². The van der Waals surface area contributed by atoms with Crippen molar-refractivity contribution in [2.24, 2.45) is 0 Å². The Morgan fingerprint density at radius 3 is 2.36 bits per heavy atom. The van der Waals surface area contributed by atoms with Crippen LogP contribution in [0.2, 0.25) is 0 Å². The average molecular weight is 400 g/mol. The Balaban J connectivity index is 1.76. The minimum absolute atomic E-state index is 0.663. The standard InChI is InChI=1S/C22H29N3O2S/c1-16-17(2)25(22(28)24(16)10-11-26-4)15-23(3)14-18-6-7-20-13-21(27-5)9-8-19(20)12-18/h6-9,12-13H,10-11,14-15H2,1-5H3. The lowest BCUT2D eigenvalue weighted by Gasteiger charge is -2.19. The molecule has 0 N–H and O–H groups in total. The van der Waals surface area contributed by atoms with Crippen LogP contribution in [0.1, 0.15) is 17.0 Å². The Kier molecular flexibility index (Phi) is 6.54. The van der Waals surface area contributed by atoms with Gasteiger partial charge in [-0.15, -0.1) is 0 Å². The van der Waals surface area contributed by atoms with Gasteiger partial charge in [0.15, 0.2) is 4.77 Å². The first-order chi connectivity index (χ1) is 13.4. The zero-order chi connectivity index (χ0) is 20.3. The lowest BCUT2D eigenvalue weighted by Crippen LogP contribution is -2.22. The van der Waals surface area contributed by atoms with Gasteiger partial charge in [0, 0.05) is 31.6 Å². The monoisotopic (exact) mass is 399 g/mol. The van der Waals surface area contributed by atoms with Gasteiger partial charge in [-0.05, 0) is 67.6 Å². The van der Waals surface area contributed by atoms with Crippen molar-refractivity contribution in [2.45, 2.75) is 33.6 Å². The van der Waals surface area contributed by atoms with Crippen molar-refractivity contribution in [1.82, 2.24) is 14.0 Å². The minimum Gasteiger partial charge on any atom is -0.497 e. The third kappa shape index (κ3) is 4.29. The maximum Gasteiger partial charge on any atom is 0.181 e. The lowest BCUT2D eigenvalue weighted by molar-refractivity contribution is 0.185. The van der Waals surface area contributed by atoms with Crippen molar-refractivity contribution in [3.05, 3.63) is 58.1 Å². The summed E-state index contributed by atoms with van der Waals surface area (Å²) in [5.41, 5.74) is 3.69. The van der Waals surface area contributed by atoms with E-state index in [-0.39, 0.29) is 0 Å². The Labute approximate surface area is 172 Å². The molecule has 3 aromatic rings. The SMILES string of the molecule is COCCn1c(C)c(C)n(CN(C)Cc2ccc3cc(OC)ccc3c2)c1=S. The highest BCUT2D eigenvalue weighted by Gasteiger charge is 2.12. The summed E-state index contributed by atoms with van der Waals surface area (Å²) in [5, 5.41) is 2.41. The molecule has 0 aliphatic heterocycles. The molecule has 0 bridgehead atoms. The molecule has 0 radical (unpaired) electrons. The predicted molar refractivity (Wildman–Crippen MR) is 117 cm³/mol. The molecule has 5 nitrogen and oxygen atoms in total. The van der Waals surface area contributed by atoms with Gasteiger partial charge in [-0.3, -0.25) is 4.90 Å². The molecule has 150 valence electrons. The summed E-state index contributed by atoms with van der Waals surface area (Å²) in [6.07, 6.45) is 0. The van der Waals surface area contributed by atoms with Gasteiger partial charge < -0.3 is 18.6 Å². The third-order valence-electron chi connectivity index (χ3n) is 5.26. The summed E-state index contributed by atoms with van der Waals surface area (Å²) >= 11 is 5.72. The number of aromatic nitrogens is 2. The molecule has 0 aliphatic rings. The maximum atomic E-state index is 5.72. The zero-order valence-corrected chi connectivity index (χ0v) is 18.2. The van der Waals surface area contributed by atoms with E-state index in [1.165, 1.54) is 27.7 Å². The number of hydrogen-bond donors (Lipinski definition) is 0. The molecule has 2 aromatic carbocycles. The van der Waals surface area contributed by atoms with Crippen molar-refractivity contribution >= 4 is 23.0 Å². The molecular weight excluding hydrogens is 370 g/mol. The fourth-order valence-corrected chi connectivity index (χ4v) is 3.96. The number of imidazole rings is 1. The largest absolute Gasteiger partial charge is 0.497 e. The van der Waals surface area contributed by atoms with Crippen molar-refractivity contribution in [3.63, 3.8) is 0 Å². The second-order valence-electron chi connectivity index (χ2n) is 7.23. The van der Waals surface area contributed by atoms with Gasteiger partial charge >= 0.3 is 0 Å². The van der Waals surface area contributed by atoms with Gasteiger partial charge in [0.2, 0.25) is 0 Å². The molecule has 6 heteroatoms. The van der Waals surface area contributed by atoms with E-state index in [2.05, 4.69) is 65.3 Å².